The fraction of sp³-hybridized carbons (Fsp3) is 0.417. The standard InChI is InChI=1S/C24H33N3/c1-5-27(6-2)20-14-12-19(13-15-20)24-21(9-7-8-16-25)22-17(3)10-11-18(4)23(22)26-24/h10-15,26H,5-9,16,25H2,1-4H3. The van der Waals surface area contributed by atoms with Crippen LogP contribution >= 0.6 is 0 Å². The molecule has 3 nitrogen and oxygen atoms in total. The average molecular weight is 364 g/mol. The zero-order valence-electron chi connectivity index (χ0n) is 17.2. The molecular weight excluding hydrogens is 330 g/mol. The van der Waals surface area contributed by atoms with E-state index in [0.717, 1.165) is 38.9 Å². The number of nitrogens with two attached hydrogens (primary N) is 1. The third kappa shape index (κ3) is 3.89. The fourth-order valence-electron chi connectivity index (χ4n) is 4.06. The van der Waals surface area contributed by atoms with Crippen molar-refractivity contribution in [2.45, 2.75) is 47.0 Å². The molecule has 3 N–H and O–H groups in total. The molecule has 0 aliphatic heterocycles. The van der Waals surface area contributed by atoms with Gasteiger partial charge in [-0.15, -0.1) is 0 Å². The van der Waals surface area contributed by atoms with Crippen LogP contribution in [0.3, 0.4) is 0 Å². The summed E-state index contributed by atoms with van der Waals surface area (Å²) >= 11 is 0. The summed E-state index contributed by atoms with van der Waals surface area (Å²) in [7, 11) is 0. The van der Waals surface area contributed by atoms with Crippen molar-refractivity contribution in [2.24, 2.45) is 5.73 Å². The maximum Gasteiger partial charge on any atom is 0.0497 e. The summed E-state index contributed by atoms with van der Waals surface area (Å²) in [5.41, 5.74) is 14.9. The van der Waals surface area contributed by atoms with Gasteiger partial charge in [-0.05, 0) is 87.9 Å². The van der Waals surface area contributed by atoms with Crippen molar-refractivity contribution in [2.75, 3.05) is 24.5 Å². The molecule has 27 heavy (non-hydrogen) atoms. The Hall–Kier alpha value is -2.26. The Morgan fingerprint density at radius 3 is 2.19 bits per heavy atom. The van der Waals surface area contributed by atoms with Gasteiger partial charge in [0.25, 0.3) is 0 Å². The second-order valence-electron chi connectivity index (χ2n) is 7.39. The monoisotopic (exact) mass is 363 g/mol. The molecule has 3 rings (SSSR count). The van der Waals surface area contributed by atoms with Gasteiger partial charge in [0.15, 0.2) is 0 Å². The molecule has 3 aromatic rings. The molecule has 0 fully saturated rings. The van der Waals surface area contributed by atoms with Crippen molar-refractivity contribution in [1.82, 2.24) is 4.98 Å². The third-order valence-electron chi connectivity index (χ3n) is 5.64. The third-order valence-corrected chi connectivity index (χ3v) is 5.64. The molecule has 0 radical (unpaired) electrons. The Morgan fingerprint density at radius 2 is 1.56 bits per heavy atom. The number of aromatic nitrogens is 1. The van der Waals surface area contributed by atoms with Crippen LogP contribution in [-0.2, 0) is 6.42 Å². The normalized spacial score (nSPS) is 11.3. The summed E-state index contributed by atoms with van der Waals surface area (Å²) in [5, 5.41) is 1.40. The lowest BCUT2D eigenvalue weighted by atomic mass is 9.97. The van der Waals surface area contributed by atoms with E-state index in [9.17, 15) is 0 Å². The summed E-state index contributed by atoms with van der Waals surface area (Å²) in [6.45, 7) is 11.6. The maximum atomic E-state index is 5.74. The van der Waals surface area contributed by atoms with Crippen LogP contribution in [0.4, 0.5) is 5.69 Å². The lowest BCUT2D eigenvalue weighted by molar-refractivity contribution is 0.748. The van der Waals surface area contributed by atoms with E-state index in [1.54, 1.807) is 0 Å². The lowest BCUT2D eigenvalue weighted by Gasteiger charge is -2.21. The number of rotatable bonds is 8. The molecule has 0 unspecified atom stereocenters. The van der Waals surface area contributed by atoms with Crippen molar-refractivity contribution < 1.29 is 0 Å². The molecule has 1 aromatic heterocycles. The summed E-state index contributed by atoms with van der Waals surface area (Å²) in [4.78, 5) is 6.13. The number of H-pyrrole nitrogens is 1. The van der Waals surface area contributed by atoms with Crippen LogP contribution in [0.15, 0.2) is 36.4 Å². The highest BCUT2D eigenvalue weighted by Crippen LogP contribution is 2.35. The van der Waals surface area contributed by atoms with E-state index in [0.29, 0.717) is 0 Å². The molecule has 0 spiro atoms. The largest absolute Gasteiger partial charge is 0.372 e. The van der Waals surface area contributed by atoms with Gasteiger partial charge in [-0.1, -0.05) is 24.3 Å². The highest BCUT2D eigenvalue weighted by Gasteiger charge is 2.16. The van der Waals surface area contributed by atoms with Gasteiger partial charge in [-0.3, -0.25) is 0 Å². The van der Waals surface area contributed by atoms with Gasteiger partial charge in [0.1, 0.15) is 0 Å². The first-order chi connectivity index (χ1) is 13.1. The summed E-state index contributed by atoms with van der Waals surface area (Å²) < 4.78 is 0. The van der Waals surface area contributed by atoms with Gasteiger partial charge in [0, 0.05) is 35.4 Å². The molecule has 0 atom stereocenters. The Labute approximate surface area is 163 Å². The molecule has 1 heterocycles. The molecule has 144 valence electrons. The van der Waals surface area contributed by atoms with E-state index in [-0.39, 0.29) is 0 Å². The molecule has 0 saturated carbocycles. The molecule has 0 bridgehead atoms. The quantitative estimate of drug-likeness (QED) is 0.513. The Kier molecular flexibility index (Phi) is 6.22. The minimum Gasteiger partial charge on any atom is -0.372 e. The second-order valence-corrected chi connectivity index (χ2v) is 7.39. The fourth-order valence-corrected chi connectivity index (χ4v) is 4.06. The van der Waals surface area contributed by atoms with Crippen molar-refractivity contribution in [3.63, 3.8) is 0 Å². The van der Waals surface area contributed by atoms with Crippen molar-refractivity contribution >= 4 is 16.6 Å². The van der Waals surface area contributed by atoms with Crippen LogP contribution in [0.25, 0.3) is 22.2 Å². The van der Waals surface area contributed by atoms with Gasteiger partial charge in [-0.2, -0.15) is 0 Å². The van der Waals surface area contributed by atoms with Gasteiger partial charge >= 0.3 is 0 Å². The summed E-state index contributed by atoms with van der Waals surface area (Å²) in [5.74, 6) is 0. The molecule has 0 saturated heterocycles. The highest BCUT2D eigenvalue weighted by molar-refractivity contribution is 5.95. The lowest BCUT2D eigenvalue weighted by Crippen LogP contribution is -2.21. The predicted octanol–water partition coefficient (Wildman–Crippen LogP) is 5.58. The predicted molar refractivity (Wildman–Crippen MR) is 119 cm³/mol. The van der Waals surface area contributed by atoms with Crippen molar-refractivity contribution in [3.8, 4) is 11.3 Å². The molecule has 3 heteroatoms. The molecule has 0 amide bonds. The van der Waals surface area contributed by atoms with E-state index in [1.807, 2.05) is 0 Å². The van der Waals surface area contributed by atoms with Crippen LogP contribution in [0.2, 0.25) is 0 Å². The zero-order valence-corrected chi connectivity index (χ0v) is 17.2. The number of nitrogens with one attached hydrogen (secondary N) is 1. The number of aryl methyl sites for hydroxylation is 3. The number of aromatic amines is 1. The van der Waals surface area contributed by atoms with E-state index < -0.39 is 0 Å². The Morgan fingerprint density at radius 1 is 0.889 bits per heavy atom. The van der Waals surface area contributed by atoms with Crippen molar-refractivity contribution in [1.29, 1.82) is 0 Å². The number of unbranched alkanes of at least 4 members (excludes halogenated alkanes) is 1. The van der Waals surface area contributed by atoms with Gasteiger partial charge < -0.3 is 15.6 Å². The summed E-state index contributed by atoms with van der Waals surface area (Å²) in [6.07, 6.45) is 3.26. The first-order valence-corrected chi connectivity index (χ1v) is 10.3. The number of anilines is 1. The van der Waals surface area contributed by atoms with Crippen LogP contribution in [-0.4, -0.2) is 24.6 Å². The van der Waals surface area contributed by atoms with Gasteiger partial charge in [-0.25, -0.2) is 0 Å². The van der Waals surface area contributed by atoms with E-state index in [4.69, 9.17) is 5.73 Å². The number of fused-ring (bicyclic) bond motifs is 1. The van der Waals surface area contributed by atoms with E-state index >= 15 is 0 Å². The number of benzene rings is 2. The smallest absolute Gasteiger partial charge is 0.0497 e. The highest BCUT2D eigenvalue weighted by atomic mass is 15.1. The van der Waals surface area contributed by atoms with Gasteiger partial charge in [0.05, 0.1) is 0 Å². The first-order valence-electron chi connectivity index (χ1n) is 10.3. The topological polar surface area (TPSA) is 45.0 Å². The van der Waals surface area contributed by atoms with Crippen LogP contribution in [0.1, 0.15) is 43.4 Å². The minimum absolute atomic E-state index is 0.758. The second kappa shape index (κ2) is 8.62. The zero-order chi connectivity index (χ0) is 19.4. The maximum absolute atomic E-state index is 5.74. The Balaban J connectivity index is 2.08. The van der Waals surface area contributed by atoms with Crippen LogP contribution in [0, 0.1) is 13.8 Å². The molecular formula is C24H33N3. The van der Waals surface area contributed by atoms with Crippen LogP contribution < -0.4 is 10.6 Å². The van der Waals surface area contributed by atoms with E-state index in [1.165, 1.54) is 44.5 Å². The number of nitrogens with zero attached hydrogens (tertiary/aromatic N) is 1. The van der Waals surface area contributed by atoms with Crippen molar-refractivity contribution in [3.05, 3.63) is 53.1 Å². The minimum atomic E-state index is 0.758. The van der Waals surface area contributed by atoms with Crippen LogP contribution in [0.5, 0.6) is 0 Å². The Bertz CT molecular complexity index is 886. The SMILES string of the molecule is CCN(CC)c1ccc(-c2[nH]c3c(C)ccc(C)c3c2CCCCN)cc1. The molecule has 2 aromatic carbocycles. The number of hydrogen-bond donors (Lipinski definition) is 2. The average Bonchev–Trinajstić information content (AvgIpc) is 3.07. The molecule has 0 aliphatic carbocycles. The number of hydrogen-bond acceptors (Lipinski definition) is 2. The van der Waals surface area contributed by atoms with E-state index in [2.05, 4.69) is 74.0 Å². The molecule has 0 aliphatic rings. The van der Waals surface area contributed by atoms with Gasteiger partial charge in [0.2, 0.25) is 0 Å². The first kappa shape index (κ1) is 19.5. The summed E-state index contributed by atoms with van der Waals surface area (Å²) in [6, 6.07) is 13.5.